The number of methoxy groups -OCH3 is 1. The maximum absolute atomic E-state index is 5.19. The molecule has 0 unspecified atom stereocenters. The third-order valence-electron chi connectivity index (χ3n) is 3.96. The monoisotopic (exact) mass is 279 g/mol. The predicted molar refractivity (Wildman–Crippen MR) is 87.7 cm³/mol. The van der Waals surface area contributed by atoms with E-state index in [0.717, 1.165) is 31.7 Å². The van der Waals surface area contributed by atoms with Gasteiger partial charge in [0.25, 0.3) is 0 Å². The van der Waals surface area contributed by atoms with Gasteiger partial charge in [0.1, 0.15) is 5.75 Å². The van der Waals surface area contributed by atoms with Crippen molar-refractivity contribution >= 4 is 5.57 Å². The van der Waals surface area contributed by atoms with Gasteiger partial charge in [-0.1, -0.05) is 42.5 Å². The summed E-state index contributed by atoms with van der Waals surface area (Å²) in [5.41, 5.74) is 5.47. The fraction of sp³-hybridized carbons (Fsp3) is 0.263. The zero-order valence-electron chi connectivity index (χ0n) is 12.4. The highest BCUT2D eigenvalue weighted by atomic mass is 16.5. The molecule has 1 heterocycles. The molecule has 21 heavy (non-hydrogen) atoms. The Morgan fingerprint density at radius 1 is 0.952 bits per heavy atom. The van der Waals surface area contributed by atoms with Crippen molar-refractivity contribution in [3.05, 3.63) is 71.3 Å². The molecule has 3 rings (SSSR count). The minimum Gasteiger partial charge on any atom is -0.497 e. The van der Waals surface area contributed by atoms with Crippen LogP contribution >= 0.6 is 0 Å². The molecule has 1 aliphatic rings. The van der Waals surface area contributed by atoms with E-state index in [4.69, 9.17) is 4.74 Å². The first-order chi connectivity index (χ1) is 10.3. The van der Waals surface area contributed by atoms with Crippen LogP contribution in [0, 0.1) is 0 Å². The van der Waals surface area contributed by atoms with Gasteiger partial charge in [-0.2, -0.15) is 0 Å². The Bertz CT molecular complexity index is 611. The molecule has 0 aromatic heterocycles. The van der Waals surface area contributed by atoms with Crippen molar-refractivity contribution in [1.29, 1.82) is 0 Å². The molecule has 1 N–H and O–H groups in total. The second kappa shape index (κ2) is 6.59. The minimum absolute atomic E-state index is 0.909. The van der Waals surface area contributed by atoms with E-state index in [1.807, 2.05) is 12.1 Å². The maximum Gasteiger partial charge on any atom is 0.118 e. The zero-order chi connectivity index (χ0) is 14.5. The van der Waals surface area contributed by atoms with E-state index in [1.165, 1.54) is 22.3 Å². The van der Waals surface area contributed by atoms with Crippen LogP contribution in [-0.2, 0) is 6.42 Å². The van der Waals surface area contributed by atoms with Crippen molar-refractivity contribution in [2.45, 2.75) is 12.8 Å². The summed E-state index contributed by atoms with van der Waals surface area (Å²) < 4.78 is 5.19. The van der Waals surface area contributed by atoms with Gasteiger partial charge in [0, 0.05) is 6.54 Å². The maximum atomic E-state index is 5.19. The topological polar surface area (TPSA) is 21.3 Å². The fourth-order valence-electron chi connectivity index (χ4n) is 2.70. The lowest BCUT2D eigenvalue weighted by Gasteiger charge is -2.14. The molecule has 0 saturated heterocycles. The first-order valence-electron chi connectivity index (χ1n) is 7.47. The summed E-state index contributed by atoms with van der Waals surface area (Å²) in [5, 5.41) is 3.35. The van der Waals surface area contributed by atoms with Gasteiger partial charge in [0.2, 0.25) is 0 Å². The largest absolute Gasteiger partial charge is 0.497 e. The van der Waals surface area contributed by atoms with E-state index >= 15 is 0 Å². The molecule has 2 aromatic carbocycles. The molecule has 2 heteroatoms. The average Bonchev–Trinajstić information content (AvgIpc) is 2.57. The Morgan fingerprint density at radius 2 is 1.62 bits per heavy atom. The number of nitrogens with one attached hydrogen (secondary N) is 1. The summed E-state index contributed by atoms with van der Waals surface area (Å²) in [6.07, 6.45) is 4.38. The molecule has 0 radical (unpaired) electrons. The van der Waals surface area contributed by atoms with E-state index in [2.05, 4.69) is 47.8 Å². The van der Waals surface area contributed by atoms with Crippen LogP contribution in [0.1, 0.15) is 23.1 Å². The molecule has 0 bridgehead atoms. The fourth-order valence-corrected chi connectivity index (χ4v) is 2.70. The standard InChI is InChI=1S/C19H21NO/c1-21-19-8-4-16(5-9-19)14-15-2-6-17(7-3-15)18-10-12-20-13-11-18/h2-10,20H,11-14H2,1H3. The van der Waals surface area contributed by atoms with Crippen molar-refractivity contribution in [3.8, 4) is 5.75 Å². The van der Waals surface area contributed by atoms with E-state index in [9.17, 15) is 0 Å². The van der Waals surface area contributed by atoms with Crippen LogP contribution in [0.3, 0.4) is 0 Å². The van der Waals surface area contributed by atoms with Gasteiger partial charge < -0.3 is 10.1 Å². The van der Waals surface area contributed by atoms with Crippen LogP contribution < -0.4 is 10.1 Å². The molecule has 0 fully saturated rings. The smallest absolute Gasteiger partial charge is 0.118 e. The second-order valence-electron chi connectivity index (χ2n) is 5.41. The predicted octanol–water partition coefficient (Wildman–Crippen LogP) is 3.66. The molecule has 0 saturated carbocycles. The molecule has 108 valence electrons. The number of benzene rings is 2. The lowest BCUT2D eigenvalue weighted by Crippen LogP contribution is -2.19. The van der Waals surface area contributed by atoms with Crippen molar-refractivity contribution in [2.24, 2.45) is 0 Å². The van der Waals surface area contributed by atoms with Crippen LogP contribution in [0.15, 0.2) is 54.6 Å². The Kier molecular flexibility index (Phi) is 4.37. The van der Waals surface area contributed by atoms with Gasteiger partial charge in [-0.3, -0.25) is 0 Å². The van der Waals surface area contributed by atoms with Crippen LogP contribution in [-0.4, -0.2) is 20.2 Å². The summed E-state index contributed by atoms with van der Waals surface area (Å²) in [6.45, 7) is 2.07. The zero-order valence-corrected chi connectivity index (χ0v) is 12.4. The summed E-state index contributed by atoms with van der Waals surface area (Å²) in [7, 11) is 1.70. The summed E-state index contributed by atoms with van der Waals surface area (Å²) in [6, 6.07) is 17.3. The number of rotatable bonds is 4. The lowest BCUT2D eigenvalue weighted by atomic mass is 9.97. The van der Waals surface area contributed by atoms with Crippen LogP contribution in [0.25, 0.3) is 5.57 Å². The van der Waals surface area contributed by atoms with Crippen LogP contribution in [0.5, 0.6) is 5.75 Å². The summed E-state index contributed by atoms with van der Waals surface area (Å²) in [4.78, 5) is 0. The van der Waals surface area contributed by atoms with E-state index in [-0.39, 0.29) is 0 Å². The van der Waals surface area contributed by atoms with E-state index < -0.39 is 0 Å². The van der Waals surface area contributed by atoms with Crippen molar-refractivity contribution < 1.29 is 4.74 Å². The minimum atomic E-state index is 0.909. The van der Waals surface area contributed by atoms with Crippen molar-refractivity contribution in [2.75, 3.05) is 20.2 Å². The highest BCUT2D eigenvalue weighted by molar-refractivity contribution is 5.66. The van der Waals surface area contributed by atoms with Gasteiger partial charge in [-0.05, 0) is 53.8 Å². The summed E-state index contributed by atoms with van der Waals surface area (Å²) in [5.74, 6) is 0.909. The Morgan fingerprint density at radius 3 is 2.19 bits per heavy atom. The normalized spacial score (nSPS) is 14.6. The Labute approximate surface area is 126 Å². The Hall–Kier alpha value is -2.06. The molecule has 0 amide bonds. The lowest BCUT2D eigenvalue weighted by molar-refractivity contribution is 0.414. The molecule has 1 aliphatic heterocycles. The average molecular weight is 279 g/mol. The molecule has 0 spiro atoms. The molecule has 0 atom stereocenters. The van der Waals surface area contributed by atoms with Crippen molar-refractivity contribution in [3.63, 3.8) is 0 Å². The highest BCUT2D eigenvalue weighted by Gasteiger charge is 2.05. The molecule has 0 aliphatic carbocycles. The van der Waals surface area contributed by atoms with Gasteiger partial charge in [0.05, 0.1) is 7.11 Å². The number of hydrogen-bond acceptors (Lipinski definition) is 2. The summed E-state index contributed by atoms with van der Waals surface area (Å²) >= 11 is 0. The van der Waals surface area contributed by atoms with Gasteiger partial charge >= 0.3 is 0 Å². The first-order valence-corrected chi connectivity index (χ1v) is 7.47. The number of hydrogen-bond donors (Lipinski definition) is 1. The van der Waals surface area contributed by atoms with E-state index in [0.29, 0.717) is 0 Å². The van der Waals surface area contributed by atoms with Crippen molar-refractivity contribution in [1.82, 2.24) is 5.32 Å². The molecular formula is C19H21NO. The third-order valence-corrected chi connectivity index (χ3v) is 3.96. The van der Waals surface area contributed by atoms with Crippen LogP contribution in [0.2, 0.25) is 0 Å². The molecular weight excluding hydrogens is 258 g/mol. The van der Waals surface area contributed by atoms with Gasteiger partial charge in [0.15, 0.2) is 0 Å². The number of ether oxygens (including phenoxy) is 1. The SMILES string of the molecule is COc1ccc(Cc2ccc(C3=CCNCC3)cc2)cc1. The molecule has 2 nitrogen and oxygen atoms in total. The second-order valence-corrected chi connectivity index (χ2v) is 5.41. The first kappa shape index (κ1) is 13.9. The van der Waals surface area contributed by atoms with Gasteiger partial charge in [-0.25, -0.2) is 0 Å². The van der Waals surface area contributed by atoms with E-state index in [1.54, 1.807) is 7.11 Å². The highest BCUT2D eigenvalue weighted by Crippen LogP contribution is 2.21. The Balaban J connectivity index is 1.70. The third kappa shape index (κ3) is 3.53. The van der Waals surface area contributed by atoms with Gasteiger partial charge in [-0.15, -0.1) is 0 Å². The molecule has 2 aromatic rings. The quantitative estimate of drug-likeness (QED) is 0.922. The van der Waals surface area contributed by atoms with Crippen LogP contribution in [0.4, 0.5) is 0 Å².